The molecular weight excluding hydrogens is 393 g/mol. The van der Waals surface area contributed by atoms with Gasteiger partial charge in [-0.25, -0.2) is 15.0 Å². The highest BCUT2D eigenvalue weighted by molar-refractivity contribution is 6.33. The van der Waals surface area contributed by atoms with Gasteiger partial charge < -0.3 is 10.3 Å². The van der Waals surface area contributed by atoms with E-state index in [0.29, 0.717) is 21.7 Å². The van der Waals surface area contributed by atoms with E-state index in [2.05, 4.69) is 25.3 Å². The normalized spacial score (nSPS) is 11.2. The second-order valence-electron chi connectivity index (χ2n) is 6.31. The van der Waals surface area contributed by atoms with Crippen molar-refractivity contribution in [3.8, 4) is 11.4 Å². The maximum Gasteiger partial charge on any atom is 0.141 e. The molecule has 0 saturated heterocycles. The Labute approximate surface area is 170 Å². The van der Waals surface area contributed by atoms with Gasteiger partial charge in [0.2, 0.25) is 0 Å². The van der Waals surface area contributed by atoms with Gasteiger partial charge >= 0.3 is 0 Å². The molecule has 0 bridgehead atoms. The van der Waals surface area contributed by atoms with Crippen LogP contribution in [0.25, 0.3) is 33.3 Å². The highest BCUT2D eigenvalue weighted by Crippen LogP contribution is 2.32. The molecule has 7 heteroatoms. The van der Waals surface area contributed by atoms with E-state index in [0.717, 1.165) is 33.2 Å². The van der Waals surface area contributed by atoms with Crippen LogP contribution in [0.15, 0.2) is 67.0 Å². The lowest BCUT2D eigenvalue weighted by Gasteiger charge is -2.10. The first kappa shape index (κ1) is 17.0. The molecule has 2 N–H and O–H groups in total. The summed E-state index contributed by atoms with van der Waals surface area (Å²) in [7, 11) is 0. The standard InChI is InChI=1S/C21H13Cl2N5/c22-12-5-8-17-15(9-12)20(25-11-24-17)26-13-6-7-16(23)14(10-13)21-27-18-3-1-2-4-19(18)28-21/h1-11H,(H,27,28)(H,24,25,26). The molecule has 0 aliphatic heterocycles. The Hall–Kier alpha value is -3.15. The van der Waals surface area contributed by atoms with Crippen LogP contribution >= 0.6 is 23.2 Å². The molecule has 5 aromatic rings. The van der Waals surface area contributed by atoms with Crippen LogP contribution in [-0.2, 0) is 0 Å². The van der Waals surface area contributed by atoms with Crippen LogP contribution in [0.5, 0.6) is 0 Å². The van der Waals surface area contributed by atoms with Crippen LogP contribution in [0, 0.1) is 0 Å². The average Bonchev–Trinajstić information content (AvgIpc) is 3.14. The SMILES string of the molecule is Clc1ccc2ncnc(Nc3ccc(Cl)c(-c4nc5ccccc5[nH]4)c3)c2c1. The van der Waals surface area contributed by atoms with E-state index in [1.165, 1.54) is 6.33 Å². The van der Waals surface area contributed by atoms with Crippen molar-refractivity contribution in [1.29, 1.82) is 0 Å². The molecule has 0 radical (unpaired) electrons. The van der Waals surface area contributed by atoms with Gasteiger partial charge in [-0.3, -0.25) is 0 Å². The largest absolute Gasteiger partial charge is 0.340 e. The van der Waals surface area contributed by atoms with Crippen LogP contribution in [0.3, 0.4) is 0 Å². The van der Waals surface area contributed by atoms with Crippen LogP contribution in [0.2, 0.25) is 10.0 Å². The summed E-state index contributed by atoms with van der Waals surface area (Å²) in [6.07, 6.45) is 1.52. The third-order valence-corrected chi connectivity index (χ3v) is 5.04. The molecule has 3 aromatic carbocycles. The Balaban J connectivity index is 1.57. The van der Waals surface area contributed by atoms with E-state index in [1.807, 2.05) is 60.7 Å². The minimum absolute atomic E-state index is 0.611. The predicted molar refractivity (Wildman–Crippen MR) is 114 cm³/mol. The fraction of sp³-hybridized carbons (Fsp3) is 0. The lowest BCUT2D eigenvalue weighted by Crippen LogP contribution is -1.96. The average molecular weight is 406 g/mol. The molecule has 28 heavy (non-hydrogen) atoms. The minimum atomic E-state index is 0.611. The quantitative estimate of drug-likeness (QED) is 0.373. The van der Waals surface area contributed by atoms with Crippen LogP contribution in [0.1, 0.15) is 0 Å². The summed E-state index contributed by atoms with van der Waals surface area (Å²) in [6, 6.07) is 19.1. The van der Waals surface area contributed by atoms with Crippen molar-refractivity contribution >= 4 is 56.6 Å². The number of H-pyrrole nitrogens is 1. The summed E-state index contributed by atoms with van der Waals surface area (Å²) in [6.45, 7) is 0. The Bertz CT molecular complexity index is 1300. The second kappa shape index (κ2) is 6.78. The number of benzene rings is 3. The molecule has 5 rings (SSSR count). The van der Waals surface area contributed by atoms with Gasteiger partial charge in [0.15, 0.2) is 0 Å². The number of anilines is 2. The van der Waals surface area contributed by atoms with E-state index < -0.39 is 0 Å². The Morgan fingerprint density at radius 1 is 0.857 bits per heavy atom. The number of aromatic nitrogens is 4. The number of aromatic amines is 1. The fourth-order valence-electron chi connectivity index (χ4n) is 3.13. The van der Waals surface area contributed by atoms with Gasteiger partial charge in [-0.15, -0.1) is 0 Å². The number of fused-ring (bicyclic) bond motifs is 2. The van der Waals surface area contributed by atoms with Gasteiger partial charge in [-0.05, 0) is 48.5 Å². The monoisotopic (exact) mass is 405 g/mol. The summed E-state index contributed by atoms with van der Waals surface area (Å²) < 4.78 is 0. The Morgan fingerprint density at radius 3 is 2.64 bits per heavy atom. The molecule has 0 aliphatic rings. The number of imidazole rings is 1. The number of hydrogen-bond donors (Lipinski definition) is 2. The van der Waals surface area contributed by atoms with E-state index in [9.17, 15) is 0 Å². The Morgan fingerprint density at radius 2 is 1.75 bits per heavy atom. The third kappa shape index (κ3) is 3.05. The van der Waals surface area contributed by atoms with E-state index in [-0.39, 0.29) is 0 Å². The number of para-hydroxylation sites is 2. The van der Waals surface area contributed by atoms with Gasteiger partial charge in [0.05, 0.1) is 21.6 Å². The first-order valence-electron chi connectivity index (χ1n) is 8.59. The predicted octanol–water partition coefficient (Wildman–Crippen LogP) is 6.22. The second-order valence-corrected chi connectivity index (χ2v) is 7.15. The van der Waals surface area contributed by atoms with Crippen molar-refractivity contribution in [2.75, 3.05) is 5.32 Å². The maximum atomic E-state index is 6.45. The van der Waals surface area contributed by atoms with Gasteiger partial charge in [0, 0.05) is 21.7 Å². The molecule has 0 fully saturated rings. The van der Waals surface area contributed by atoms with Crippen LogP contribution in [0.4, 0.5) is 11.5 Å². The molecule has 0 saturated carbocycles. The molecular formula is C21H13Cl2N5. The zero-order valence-electron chi connectivity index (χ0n) is 14.4. The van der Waals surface area contributed by atoms with Crippen molar-refractivity contribution in [2.45, 2.75) is 0 Å². The van der Waals surface area contributed by atoms with Gasteiger partial charge in [-0.1, -0.05) is 35.3 Å². The number of nitrogens with zero attached hydrogens (tertiary/aromatic N) is 3. The highest BCUT2D eigenvalue weighted by atomic mass is 35.5. The Kier molecular flexibility index (Phi) is 4.11. The number of halogens is 2. The first-order chi connectivity index (χ1) is 13.7. The first-order valence-corrected chi connectivity index (χ1v) is 9.35. The molecule has 0 spiro atoms. The topological polar surface area (TPSA) is 66.5 Å². The molecule has 2 heterocycles. The lowest BCUT2D eigenvalue weighted by atomic mass is 10.1. The van der Waals surface area contributed by atoms with Crippen LogP contribution in [-0.4, -0.2) is 19.9 Å². The van der Waals surface area contributed by atoms with Crippen LogP contribution < -0.4 is 5.32 Å². The number of rotatable bonds is 3. The van der Waals surface area contributed by atoms with Crippen molar-refractivity contribution in [1.82, 2.24) is 19.9 Å². The molecule has 0 amide bonds. The van der Waals surface area contributed by atoms with E-state index >= 15 is 0 Å². The van der Waals surface area contributed by atoms with E-state index in [4.69, 9.17) is 23.2 Å². The molecule has 0 aliphatic carbocycles. The molecule has 2 aromatic heterocycles. The molecule has 5 nitrogen and oxygen atoms in total. The number of nitrogens with one attached hydrogen (secondary N) is 2. The summed E-state index contributed by atoms with van der Waals surface area (Å²) >= 11 is 12.6. The molecule has 0 unspecified atom stereocenters. The van der Waals surface area contributed by atoms with Crippen molar-refractivity contribution in [2.24, 2.45) is 0 Å². The van der Waals surface area contributed by atoms with Gasteiger partial charge in [0.25, 0.3) is 0 Å². The zero-order chi connectivity index (χ0) is 19.1. The third-order valence-electron chi connectivity index (χ3n) is 4.47. The number of hydrogen-bond acceptors (Lipinski definition) is 4. The van der Waals surface area contributed by atoms with E-state index in [1.54, 1.807) is 0 Å². The van der Waals surface area contributed by atoms with Gasteiger partial charge in [-0.2, -0.15) is 0 Å². The lowest BCUT2D eigenvalue weighted by molar-refractivity contribution is 1.22. The summed E-state index contributed by atoms with van der Waals surface area (Å²) in [4.78, 5) is 16.6. The van der Waals surface area contributed by atoms with Crippen molar-refractivity contribution in [3.05, 3.63) is 77.0 Å². The fourth-order valence-corrected chi connectivity index (χ4v) is 3.51. The maximum absolute atomic E-state index is 6.45. The van der Waals surface area contributed by atoms with Crippen molar-refractivity contribution in [3.63, 3.8) is 0 Å². The minimum Gasteiger partial charge on any atom is -0.340 e. The van der Waals surface area contributed by atoms with Crippen molar-refractivity contribution < 1.29 is 0 Å². The summed E-state index contributed by atoms with van der Waals surface area (Å²) in [5.41, 5.74) is 4.30. The molecule has 0 atom stereocenters. The summed E-state index contributed by atoms with van der Waals surface area (Å²) in [5.74, 6) is 1.39. The molecule has 136 valence electrons. The summed E-state index contributed by atoms with van der Waals surface area (Å²) in [5, 5.41) is 5.42. The zero-order valence-corrected chi connectivity index (χ0v) is 16.0. The smallest absolute Gasteiger partial charge is 0.141 e. The highest BCUT2D eigenvalue weighted by Gasteiger charge is 2.11. The van der Waals surface area contributed by atoms with Gasteiger partial charge in [0.1, 0.15) is 18.0 Å².